The van der Waals surface area contributed by atoms with E-state index in [1.807, 2.05) is 0 Å². The van der Waals surface area contributed by atoms with Crippen LogP contribution in [0.15, 0.2) is 10.4 Å². The standard InChI is InChI=1S/C14H25N5S/c1-11(2)9-17-13(15)16-6-5-12-10-20-14(18-12)19-7-3-4-8-19/h10-11H,3-9H2,1-2H3,(H3,15,16,17). The second-order valence-corrected chi connectivity index (χ2v) is 6.45. The van der Waals surface area contributed by atoms with Crippen LogP contribution in [-0.2, 0) is 6.42 Å². The zero-order chi connectivity index (χ0) is 14.4. The fourth-order valence-electron chi connectivity index (χ4n) is 2.12. The lowest BCUT2D eigenvalue weighted by molar-refractivity contribution is 0.661. The molecule has 20 heavy (non-hydrogen) atoms. The second-order valence-electron chi connectivity index (χ2n) is 5.61. The highest BCUT2D eigenvalue weighted by atomic mass is 32.1. The molecule has 1 aliphatic rings. The van der Waals surface area contributed by atoms with E-state index in [1.54, 1.807) is 11.3 Å². The molecule has 5 nitrogen and oxygen atoms in total. The Balaban J connectivity index is 1.73. The van der Waals surface area contributed by atoms with Gasteiger partial charge in [-0.2, -0.15) is 0 Å². The van der Waals surface area contributed by atoms with Crippen molar-refractivity contribution in [3.05, 3.63) is 11.1 Å². The first-order valence-corrected chi connectivity index (χ1v) is 8.26. The molecule has 0 aromatic carbocycles. The number of aromatic nitrogens is 1. The van der Waals surface area contributed by atoms with Gasteiger partial charge in [0.25, 0.3) is 0 Å². The van der Waals surface area contributed by atoms with Crippen molar-refractivity contribution in [3.8, 4) is 0 Å². The summed E-state index contributed by atoms with van der Waals surface area (Å²) in [5.74, 6) is 1.07. The van der Waals surface area contributed by atoms with Gasteiger partial charge in [0.05, 0.1) is 5.69 Å². The number of aliphatic imine (C=N–C) groups is 1. The van der Waals surface area contributed by atoms with E-state index in [1.165, 1.54) is 18.0 Å². The molecule has 2 heterocycles. The van der Waals surface area contributed by atoms with Crippen molar-refractivity contribution < 1.29 is 0 Å². The zero-order valence-electron chi connectivity index (χ0n) is 12.4. The Bertz CT molecular complexity index is 435. The Labute approximate surface area is 125 Å². The fourth-order valence-corrected chi connectivity index (χ4v) is 3.03. The minimum Gasteiger partial charge on any atom is -0.370 e. The average Bonchev–Trinajstić information content (AvgIpc) is 3.06. The molecule has 6 heteroatoms. The predicted molar refractivity (Wildman–Crippen MR) is 86.6 cm³/mol. The number of anilines is 1. The molecular formula is C14H25N5S. The highest BCUT2D eigenvalue weighted by Gasteiger charge is 2.15. The Kier molecular flexibility index (Phi) is 5.64. The molecule has 1 saturated heterocycles. The maximum absolute atomic E-state index is 5.80. The first-order chi connectivity index (χ1) is 9.65. The number of nitrogens with zero attached hydrogens (tertiary/aromatic N) is 3. The van der Waals surface area contributed by atoms with E-state index < -0.39 is 0 Å². The summed E-state index contributed by atoms with van der Waals surface area (Å²) < 4.78 is 0. The predicted octanol–water partition coefficient (Wildman–Crippen LogP) is 1.85. The van der Waals surface area contributed by atoms with Gasteiger partial charge < -0.3 is 16.0 Å². The number of thiazole rings is 1. The lowest BCUT2D eigenvalue weighted by Crippen LogP contribution is -2.33. The molecule has 1 aromatic rings. The molecule has 1 aromatic heterocycles. The van der Waals surface area contributed by atoms with E-state index in [0.717, 1.165) is 38.3 Å². The van der Waals surface area contributed by atoms with Gasteiger partial charge in [-0.25, -0.2) is 4.98 Å². The minimum absolute atomic E-state index is 0.536. The molecular weight excluding hydrogens is 270 g/mol. The van der Waals surface area contributed by atoms with E-state index in [2.05, 4.69) is 39.4 Å². The van der Waals surface area contributed by atoms with Gasteiger partial charge in [-0.1, -0.05) is 13.8 Å². The van der Waals surface area contributed by atoms with Crippen LogP contribution >= 0.6 is 11.3 Å². The molecule has 0 radical (unpaired) electrons. The molecule has 0 unspecified atom stereocenters. The summed E-state index contributed by atoms with van der Waals surface area (Å²) in [6, 6.07) is 0. The number of rotatable bonds is 6. The molecule has 2 rings (SSSR count). The van der Waals surface area contributed by atoms with Crippen LogP contribution in [0.25, 0.3) is 0 Å². The van der Waals surface area contributed by atoms with Gasteiger partial charge in [0.2, 0.25) is 0 Å². The molecule has 112 valence electrons. The maximum atomic E-state index is 5.80. The lowest BCUT2D eigenvalue weighted by Gasteiger charge is -2.12. The van der Waals surface area contributed by atoms with Gasteiger partial charge in [-0.15, -0.1) is 11.3 Å². The summed E-state index contributed by atoms with van der Waals surface area (Å²) in [6.07, 6.45) is 3.47. The lowest BCUT2D eigenvalue weighted by atomic mass is 10.2. The molecule has 0 spiro atoms. The van der Waals surface area contributed by atoms with Crippen LogP contribution in [0.4, 0.5) is 5.13 Å². The third kappa shape index (κ3) is 4.67. The van der Waals surface area contributed by atoms with Gasteiger partial charge in [-0.3, -0.25) is 4.99 Å². The van der Waals surface area contributed by atoms with E-state index in [4.69, 9.17) is 5.73 Å². The van der Waals surface area contributed by atoms with Crippen molar-refractivity contribution >= 4 is 22.4 Å². The van der Waals surface area contributed by atoms with Crippen LogP contribution in [0.3, 0.4) is 0 Å². The van der Waals surface area contributed by atoms with Gasteiger partial charge >= 0.3 is 0 Å². The fraction of sp³-hybridized carbons (Fsp3) is 0.714. The number of guanidine groups is 1. The number of hydrogen-bond acceptors (Lipinski definition) is 4. The van der Waals surface area contributed by atoms with E-state index >= 15 is 0 Å². The van der Waals surface area contributed by atoms with Crippen LogP contribution in [0.1, 0.15) is 32.4 Å². The molecule has 1 fully saturated rings. The molecule has 0 atom stereocenters. The van der Waals surface area contributed by atoms with Crippen molar-refractivity contribution in [2.75, 3.05) is 31.1 Å². The average molecular weight is 295 g/mol. The van der Waals surface area contributed by atoms with Crippen LogP contribution < -0.4 is 16.0 Å². The SMILES string of the molecule is CC(C)CN=C(N)NCCc1csc(N2CCCC2)n1. The first kappa shape index (κ1) is 15.1. The Hall–Kier alpha value is -1.30. The van der Waals surface area contributed by atoms with Gasteiger partial charge in [0, 0.05) is 38.0 Å². The summed E-state index contributed by atoms with van der Waals surface area (Å²) in [5.41, 5.74) is 6.94. The molecule has 0 amide bonds. The van der Waals surface area contributed by atoms with Gasteiger partial charge in [0.15, 0.2) is 11.1 Å². The third-order valence-electron chi connectivity index (χ3n) is 3.23. The summed E-state index contributed by atoms with van der Waals surface area (Å²) in [7, 11) is 0. The van der Waals surface area contributed by atoms with Crippen LogP contribution in [0.5, 0.6) is 0 Å². The minimum atomic E-state index is 0.536. The molecule has 0 aliphatic carbocycles. The topological polar surface area (TPSA) is 66.5 Å². The van der Waals surface area contributed by atoms with E-state index in [-0.39, 0.29) is 0 Å². The van der Waals surface area contributed by atoms with Crippen molar-refractivity contribution in [3.63, 3.8) is 0 Å². The Morgan fingerprint density at radius 3 is 2.95 bits per heavy atom. The summed E-state index contributed by atoms with van der Waals surface area (Å²) in [4.78, 5) is 11.3. The normalized spacial score (nSPS) is 16.1. The van der Waals surface area contributed by atoms with Crippen molar-refractivity contribution in [1.82, 2.24) is 10.3 Å². The van der Waals surface area contributed by atoms with Crippen molar-refractivity contribution in [2.24, 2.45) is 16.6 Å². The Morgan fingerprint density at radius 2 is 2.25 bits per heavy atom. The van der Waals surface area contributed by atoms with Gasteiger partial charge in [0.1, 0.15) is 0 Å². The maximum Gasteiger partial charge on any atom is 0.188 e. The molecule has 0 saturated carbocycles. The van der Waals surface area contributed by atoms with Crippen molar-refractivity contribution in [1.29, 1.82) is 0 Å². The number of nitrogens with two attached hydrogens (primary N) is 1. The summed E-state index contributed by atoms with van der Waals surface area (Å²) >= 11 is 1.75. The van der Waals surface area contributed by atoms with E-state index in [9.17, 15) is 0 Å². The molecule has 0 bridgehead atoms. The quantitative estimate of drug-likeness (QED) is 0.621. The number of hydrogen-bond donors (Lipinski definition) is 2. The highest BCUT2D eigenvalue weighted by Crippen LogP contribution is 2.24. The van der Waals surface area contributed by atoms with Crippen LogP contribution in [-0.4, -0.2) is 37.1 Å². The monoisotopic (exact) mass is 295 g/mol. The van der Waals surface area contributed by atoms with Crippen LogP contribution in [0, 0.1) is 5.92 Å². The smallest absolute Gasteiger partial charge is 0.188 e. The third-order valence-corrected chi connectivity index (χ3v) is 4.18. The van der Waals surface area contributed by atoms with Crippen LogP contribution in [0.2, 0.25) is 0 Å². The molecule has 3 N–H and O–H groups in total. The first-order valence-electron chi connectivity index (χ1n) is 7.38. The van der Waals surface area contributed by atoms with Gasteiger partial charge in [-0.05, 0) is 18.8 Å². The summed E-state index contributed by atoms with van der Waals surface area (Å²) in [5, 5.41) is 6.46. The molecule has 1 aliphatic heterocycles. The largest absolute Gasteiger partial charge is 0.370 e. The highest BCUT2D eigenvalue weighted by molar-refractivity contribution is 7.13. The Morgan fingerprint density at radius 1 is 1.50 bits per heavy atom. The number of nitrogens with one attached hydrogen (secondary N) is 1. The van der Waals surface area contributed by atoms with E-state index in [0.29, 0.717) is 11.9 Å². The summed E-state index contributed by atoms with van der Waals surface area (Å²) in [6.45, 7) is 8.13. The van der Waals surface area contributed by atoms with Crippen molar-refractivity contribution in [2.45, 2.75) is 33.1 Å². The second kappa shape index (κ2) is 7.47. The zero-order valence-corrected chi connectivity index (χ0v) is 13.2.